The molecule has 3 aromatic rings. The van der Waals surface area contributed by atoms with Gasteiger partial charge in [0.2, 0.25) is 0 Å². The molecule has 26 heavy (non-hydrogen) atoms. The molecule has 0 saturated carbocycles. The van der Waals surface area contributed by atoms with Crippen LogP contribution in [0.2, 0.25) is 10.0 Å². The second-order valence-corrected chi connectivity index (χ2v) is 6.54. The van der Waals surface area contributed by atoms with Crippen molar-refractivity contribution in [3.05, 3.63) is 57.0 Å². The SMILES string of the molecule is Cc1nn(-c2ccc(Cl)cc2Cl)c(C)c1CC(=O)n1ncc(C#N)c1N. The van der Waals surface area contributed by atoms with Gasteiger partial charge in [0.25, 0.3) is 5.91 Å². The lowest BCUT2D eigenvalue weighted by molar-refractivity contribution is 0.0901. The van der Waals surface area contributed by atoms with Crippen molar-refractivity contribution in [1.82, 2.24) is 19.6 Å². The van der Waals surface area contributed by atoms with Crippen LogP contribution in [0.25, 0.3) is 5.69 Å². The van der Waals surface area contributed by atoms with Crippen LogP contribution in [0.3, 0.4) is 0 Å². The molecule has 2 N–H and O–H groups in total. The van der Waals surface area contributed by atoms with Gasteiger partial charge >= 0.3 is 0 Å². The first kappa shape index (κ1) is 18.0. The van der Waals surface area contributed by atoms with Crippen molar-refractivity contribution in [3.8, 4) is 11.8 Å². The standard InChI is InChI=1S/C17H14Cl2N6O/c1-9-13(6-16(26)25-17(21)11(7-20)8-22-25)10(2)24(23-9)15-4-3-12(18)5-14(15)19/h3-5,8H,6,21H2,1-2H3. The Balaban J connectivity index is 1.97. The number of rotatable bonds is 3. The lowest BCUT2D eigenvalue weighted by Crippen LogP contribution is -2.18. The van der Waals surface area contributed by atoms with E-state index in [1.54, 1.807) is 22.9 Å². The molecule has 0 amide bonds. The lowest BCUT2D eigenvalue weighted by Gasteiger charge is -2.08. The predicted molar refractivity (Wildman–Crippen MR) is 98.7 cm³/mol. The molecular weight excluding hydrogens is 375 g/mol. The van der Waals surface area contributed by atoms with E-state index in [9.17, 15) is 4.79 Å². The molecule has 7 nitrogen and oxygen atoms in total. The smallest absolute Gasteiger partial charge is 0.253 e. The molecule has 2 aromatic heterocycles. The van der Waals surface area contributed by atoms with Crippen LogP contribution < -0.4 is 5.73 Å². The minimum atomic E-state index is -0.350. The zero-order valence-corrected chi connectivity index (χ0v) is 15.5. The molecule has 1 aromatic carbocycles. The first-order valence-corrected chi connectivity index (χ1v) is 8.36. The van der Waals surface area contributed by atoms with Gasteiger partial charge in [-0.05, 0) is 32.0 Å². The molecule has 0 spiro atoms. The van der Waals surface area contributed by atoms with Gasteiger partial charge in [0.1, 0.15) is 17.5 Å². The molecule has 9 heteroatoms. The van der Waals surface area contributed by atoms with Gasteiger partial charge in [-0.3, -0.25) is 4.79 Å². The normalized spacial score (nSPS) is 10.7. The van der Waals surface area contributed by atoms with Crippen molar-refractivity contribution in [1.29, 1.82) is 5.26 Å². The summed E-state index contributed by atoms with van der Waals surface area (Å²) in [7, 11) is 0. The Bertz CT molecular complexity index is 1060. The van der Waals surface area contributed by atoms with Crippen molar-refractivity contribution in [2.75, 3.05) is 5.73 Å². The van der Waals surface area contributed by atoms with E-state index in [1.165, 1.54) is 6.20 Å². The highest BCUT2D eigenvalue weighted by Crippen LogP contribution is 2.27. The maximum atomic E-state index is 12.6. The largest absolute Gasteiger partial charge is 0.382 e. The minimum Gasteiger partial charge on any atom is -0.382 e. The van der Waals surface area contributed by atoms with Gasteiger partial charge in [-0.2, -0.15) is 20.1 Å². The summed E-state index contributed by atoms with van der Waals surface area (Å²) < 4.78 is 2.70. The summed E-state index contributed by atoms with van der Waals surface area (Å²) >= 11 is 12.2. The van der Waals surface area contributed by atoms with Crippen molar-refractivity contribution in [3.63, 3.8) is 0 Å². The van der Waals surface area contributed by atoms with Crippen LogP contribution in [0.1, 0.15) is 27.3 Å². The highest BCUT2D eigenvalue weighted by Gasteiger charge is 2.20. The highest BCUT2D eigenvalue weighted by atomic mass is 35.5. The number of nitrogens with zero attached hydrogens (tertiary/aromatic N) is 5. The Labute approximate surface area is 159 Å². The predicted octanol–water partition coefficient (Wildman–Crippen LogP) is 3.33. The molecule has 0 aliphatic rings. The summed E-state index contributed by atoms with van der Waals surface area (Å²) in [5.41, 5.74) is 8.81. The van der Waals surface area contributed by atoms with Crippen LogP contribution in [-0.4, -0.2) is 25.5 Å². The van der Waals surface area contributed by atoms with Gasteiger partial charge in [0, 0.05) is 16.3 Å². The number of aromatic nitrogens is 4. The number of nitriles is 1. The second kappa shape index (κ2) is 6.83. The van der Waals surface area contributed by atoms with E-state index in [4.69, 9.17) is 34.2 Å². The fraction of sp³-hybridized carbons (Fsp3) is 0.176. The first-order valence-electron chi connectivity index (χ1n) is 7.60. The third-order valence-electron chi connectivity index (χ3n) is 4.07. The number of benzene rings is 1. The Morgan fingerprint density at radius 3 is 2.69 bits per heavy atom. The van der Waals surface area contributed by atoms with Gasteiger partial charge in [-0.25, -0.2) is 4.68 Å². The number of carbonyl (C=O) groups is 1. The molecule has 3 rings (SSSR count). The van der Waals surface area contributed by atoms with Crippen LogP contribution in [0.4, 0.5) is 5.82 Å². The quantitative estimate of drug-likeness (QED) is 0.740. The van der Waals surface area contributed by atoms with Gasteiger partial charge < -0.3 is 5.73 Å². The van der Waals surface area contributed by atoms with E-state index < -0.39 is 0 Å². The average molecular weight is 389 g/mol. The lowest BCUT2D eigenvalue weighted by atomic mass is 10.1. The molecule has 0 unspecified atom stereocenters. The van der Waals surface area contributed by atoms with Gasteiger partial charge in [0.15, 0.2) is 0 Å². The third-order valence-corrected chi connectivity index (χ3v) is 4.61. The number of hydrogen-bond acceptors (Lipinski definition) is 5. The van der Waals surface area contributed by atoms with Gasteiger partial charge in [0.05, 0.1) is 29.0 Å². The van der Waals surface area contributed by atoms with Gasteiger partial charge in [-0.1, -0.05) is 23.2 Å². The van der Waals surface area contributed by atoms with Crippen molar-refractivity contribution >= 4 is 34.9 Å². The number of nitrogen functional groups attached to an aromatic ring is 1. The van der Waals surface area contributed by atoms with Crippen LogP contribution in [0, 0.1) is 25.2 Å². The van der Waals surface area contributed by atoms with Crippen LogP contribution in [0.15, 0.2) is 24.4 Å². The number of aryl methyl sites for hydroxylation is 1. The molecule has 0 atom stereocenters. The zero-order valence-electron chi connectivity index (χ0n) is 14.0. The molecule has 0 aliphatic carbocycles. The number of carbonyl (C=O) groups excluding carboxylic acids is 1. The van der Waals surface area contributed by atoms with Crippen molar-refractivity contribution in [2.24, 2.45) is 0 Å². The first-order chi connectivity index (χ1) is 12.3. The summed E-state index contributed by atoms with van der Waals surface area (Å²) in [6.07, 6.45) is 1.31. The molecule has 0 fully saturated rings. The van der Waals surface area contributed by atoms with E-state index in [2.05, 4.69) is 10.2 Å². The topological polar surface area (TPSA) is 103 Å². The van der Waals surface area contributed by atoms with Gasteiger partial charge in [-0.15, -0.1) is 0 Å². The van der Waals surface area contributed by atoms with E-state index >= 15 is 0 Å². The molecule has 0 radical (unpaired) electrons. The van der Waals surface area contributed by atoms with E-state index in [-0.39, 0.29) is 23.7 Å². The molecular formula is C17H14Cl2N6O. The summed E-state index contributed by atoms with van der Waals surface area (Å²) in [6, 6.07) is 7.01. The second-order valence-electron chi connectivity index (χ2n) is 5.69. The maximum Gasteiger partial charge on any atom is 0.253 e. The Kier molecular flexibility index (Phi) is 4.72. The maximum absolute atomic E-state index is 12.6. The van der Waals surface area contributed by atoms with Crippen LogP contribution in [-0.2, 0) is 6.42 Å². The van der Waals surface area contributed by atoms with Crippen LogP contribution >= 0.6 is 23.2 Å². The number of anilines is 1. The van der Waals surface area contributed by atoms with Crippen LogP contribution in [0.5, 0.6) is 0 Å². The summed E-state index contributed by atoms with van der Waals surface area (Å²) in [5, 5.41) is 18.3. The van der Waals surface area contributed by atoms with E-state index in [1.807, 2.05) is 19.9 Å². The number of halogens is 2. The van der Waals surface area contributed by atoms with E-state index in [0.717, 1.165) is 15.9 Å². The Morgan fingerprint density at radius 1 is 1.35 bits per heavy atom. The molecule has 0 saturated heterocycles. The average Bonchev–Trinajstić information content (AvgIpc) is 3.09. The Hall–Kier alpha value is -2.82. The highest BCUT2D eigenvalue weighted by molar-refractivity contribution is 6.35. The zero-order chi connectivity index (χ0) is 19.0. The summed E-state index contributed by atoms with van der Waals surface area (Å²) in [5.74, 6) is -0.321. The van der Waals surface area contributed by atoms with Crippen molar-refractivity contribution < 1.29 is 4.79 Å². The number of nitrogens with two attached hydrogens (primary N) is 1. The van der Waals surface area contributed by atoms with Crippen molar-refractivity contribution in [2.45, 2.75) is 20.3 Å². The molecule has 0 aliphatic heterocycles. The minimum absolute atomic E-state index is 0.0287. The fourth-order valence-electron chi connectivity index (χ4n) is 2.69. The number of hydrogen-bond donors (Lipinski definition) is 1. The summed E-state index contributed by atoms with van der Waals surface area (Å²) in [4.78, 5) is 12.6. The molecule has 132 valence electrons. The van der Waals surface area contributed by atoms with E-state index in [0.29, 0.717) is 21.4 Å². The monoisotopic (exact) mass is 388 g/mol. The summed E-state index contributed by atoms with van der Waals surface area (Å²) in [6.45, 7) is 3.66. The fourth-order valence-corrected chi connectivity index (χ4v) is 3.18. The Morgan fingerprint density at radius 2 is 2.08 bits per heavy atom. The molecule has 2 heterocycles. The third kappa shape index (κ3) is 3.05. The molecule has 0 bridgehead atoms.